The Morgan fingerprint density at radius 1 is 1.06 bits per heavy atom. The van der Waals surface area contributed by atoms with E-state index in [1.54, 1.807) is 18.3 Å². The normalized spacial score (nSPS) is 17.6. The summed E-state index contributed by atoms with van der Waals surface area (Å²) in [5.74, 6) is -0.948. The molecule has 0 saturated carbocycles. The van der Waals surface area contributed by atoms with Crippen molar-refractivity contribution in [2.75, 3.05) is 4.90 Å². The maximum absolute atomic E-state index is 11.3. The summed E-state index contributed by atoms with van der Waals surface area (Å²) in [6.45, 7) is 2.05. The molecule has 4 aromatic rings. The minimum absolute atomic E-state index is 0.176. The molecule has 34 heavy (non-hydrogen) atoms. The van der Waals surface area contributed by atoms with Crippen molar-refractivity contribution in [3.8, 4) is 5.69 Å². The highest BCUT2D eigenvalue weighted by Crippen LogP contribution is 2.42. The van der Waals surface area contributed by atoms with Gasteiger partial charge in [0.15, 0.2) is 5.11 Å². The van der Waals surface area contributed by atoms with Gasteiger partial charge in [0.1, 0.15) is 6.04 Å². The first-order chi connectivity index (χ1) is 16.4. The summed E-state index contributed by atoms with van der Waals surface area (Å²) in [5.41, 5.74) is 5.11. The Labute approximate surface area is 211 Å². The summed E-state index contributed by atoms with van der Waals surface area (Å²) in [4.78, 5) is 18.1. The first kappa shape index (κ1) is 22.3. The zero-order valence-corrected chi connectivity index (χ0v) is 20.6. The van der Waals surface area contributed by atoms with E-state index in [1.165, 1.54) is 0 Å². The zero-order valence-electron chi connectivity index (χ0n) is 18.2. The maximum atomic E-state index is 11.3. The highest BCUT2D eigenvalue weighted by Gasteiger charge is 2.42. The second-order valence-electron chi connectivity index (χ2n) is 8.09. The standard InChI is InChI=1S/C26H21BrN4O2S/c1-16-15-19(11-12-20(16)27)31-24(23(29-26(31)34)21-5-2-3-13-28-21)22-6-4-14-30(22)18-9-7-17(8-10-18)25(32)33/h2-15,23-24H,1H3,(H,29,34)(H,32,33). The second kappa shape index (κ2) is 9.04. The molecule has 0 radical (unpaired) electrons. The van der Waals surface area contributed by atoms with E-state index < -0.39 is 5.97 Å². The first-order valence-electron chi connectivity index (χ1n) is 10.7. The van der Waals surface area contributed by atoms with Gasteiger partial charge < -0.3 is 19.9 Å². The van der Waals surface area contributed by atoms with E-state index in [0.29, 0.717) is 5.11 Å². The highest BCUT2D eigenvalue weighted by molar-refractivity contribution is 9.10. The minimum atomic E-state index is -0.948. The number of thiocarbonyl (C=S) groups is 1. The molecule has 0 amide bonds. The molecule has 170 valence electrons. The Morgan fingerprint density at radius 3 is 2.50 bits per heavy atom. The number of nitrogens with one attached hydrogen (secondary N) is 1. The molecule has 0 aliphatic carbocycles. The summed E-state index contributed by atoms with van der Waals surface area (Å²) in [6.07, 6.45) is 3.76. The highest BCUT2D eigenvalue weighted by atomic mass is 79.9. The van der Waals surface area contributed by atoms with Crippen molar-refractivity contribution in [3.05, 3.63) is 112 Å². The van der Waals surface area contributed by atoms with Crippen molar-refractivity contribution < 1.29 is 9.90 Å². The number of benzene rings is 2. The fraction of sp³-hybridized carbons (Fsp3) is 0.115. The van der Waals surface area contributed by atoms with Crippen LogP contribution < -0.4 is 10.2 Å². The molecule has 6 nitrogen and oxygen atoms in total. The van der Waals surface area contributed by atoms with Crippen molar-refractivity contribution in [2.45, 2.75) is 19.0 Å². The lowest BCUT2D eigenvalue weighted by molar-refractivity contribution is 0.0697. The van der Waals surface area contributed by atoms with E-state index in [0.717, 1.165) is 32.8 Å². The van der Waals surface area contributed by atoms with E-state index in [9.17, 15) is 9.90 Å². The topological polar surface area (TPSA) is 70.4 Å². The summed E-state index contributed by atoms with van der Waals surface area (Å²) in [6, 6.07) is 22.6. The van der Waals surface area contributed by atoms with Crippen LogP contribution in [0.3, 0.4) is 0 Å². The molecule has 2 unspecified atom stereocenters. The Morgan fingerprint density at radius 2 is 1.82 bits per heavy atom. The molecule has 1 fully saturated rings. The number of anilines is 1. The number of pyridine rings is 1. The lowest BCUT2D eigenvalue weighted by Gasteiger charge is -2.29. The van der Waals surface area contributed by atoms with Gasteiger partial charge in [-0.15, -0.1) is 0 Å². The largest absolute Gasteiger partial charge is 0.478 e. The zero-order chi connectivity index (χ0) is 23.8. The molecule has 2 atom stereocenters. The number of halogens is 1. The van der Waals surface area contributed by atoms with Crippen LogP contribution >= 0.6 is 28.1 Å². The number of hydrogen-bond donors (Lipinski definition) is 2. The maximum Gasteiger partial charge on any atom is 0.335 e. The molecule has 1 aliphatic heterocycles. The van der Waals surface area contributed by atoms with Crippen molar-refractivity contribution in [2.24, 2.45) is 0 Å². The predicted octanol–water partition coefficient (Wildman–Crippen LogP) is 5.82. The Bertz CT molecular complexity index is 1370. The van der Waals surface area contributed by atoms with E-state index in [2.05, 4.69) is 54.8 Å². The fourth-order valence-electron chi connectivity index (χ4n) is 4.35. The Balaban J connectivity index is 1.65. The van der Waals surface area contributed by atoms with E-state index >= 15 is 0 Å². The van der Waals surface area contributed by atoms with E-state index in [1.807, 2.05) is 54.7 Å². The van der Waals surface area contributed by atoms with Crippen LogP contribution in [0, 0.1) is 6.92 Å². The summed E-state index contributed by atoms with van der Waals surface area (Å²) >= 11 is 9.42. The number of aromatic nitrogens is 2. The fourth-order valence-corrected chi connectivity index (χ4v) is 4.94. The minimum Gasteiger partial charge on any atom is -0.478 e. The molecular weight excluding hydrogens is 512 g/mol. The van der Waals surface area contributed by atoms with Crippen LogP contribution in [0.15, 0.2) is 89.7 Å². The number of rotatable bonds is 5. The van der Waals surface area contributed by atoms with Crippen LogP contribution in [0.1, 0.15) is 39.4 Å². The van der Waals surface area contributed by atoms with Gasteiger partial charge in [-0.3, -0.25) is 4.98 Å². The third kappa shape index (κ3) is 3.99. The second-order valence-corrected chi connectivity index (χ2v) is 9.33. The number of carboxylic acid groups (broad SMARTS) is 1. The van der Waals surface area contributed by atoms with Gasteiger partial charge >= 0.3 is 5.97 Å². The van der Waals surface area contributed by atoms with Crippen LogP contribution in [0.25, 0.3) is 5.69 Å². The van der Waals surface area contributed by atoms with Gasteiger partial charge in [0.05, 0.1) is 17.3 Å². The molecular formula is C26H21BrN4O2S. The third-order valence-corrected chi connectivity index (χ3v) is 7.20. The van der Waals surface area contributed by atoms with E-state index in [4.69, 9.17) is 12.2 Å². The molecule has 0 bridgehead atoms. The van der Waals surface area contributed by atoms with Crippen LogP contribution in [0.4, 0.5) is 5.69 Å². The number of aryl methyl sites for hydroxylation is 1. The van der Waals surface area contributed by atoms with Crippen LogP contribution in [-0.4, -0.2) is 25.7 Å². The number of carbonyl (C=O) groups is 1. The molecule has 8 heteroatoms. The van der Waals surface area contributed by atoms with Gasteiger partial charge in [-0.25, -0.2) is 4.79 Å². The smallest absolute Gasteiger partial charge is 0.335 e. The average Bonchev–Trinajstić information content (AvgIpc) is 3.46. The number of hydrogen-bond acceptors (Lipinski definition) is 3. The number of nitrogens with zero attached hydrogens (tertiary/aromatic N) is 3. The van der Waals surface area contributed by atoms with Gasteiger partial charge in [-0.05, 0) is 91.4 Å². The van der Waals surface area contributed by atoms with Crippen molar-refractivity contribution in [3.63, 3.8) is 0 Å². The SMILES string of the molecule is Cc1cc(N2C(=S)NC(c3ccccn3)C2c2cccn2-c2ccc(C(=O)O)cc2)ccc1Br. The van der Waals surface area contributed by atoms with Crippen LogP contribution in [0.5, 0.6) is 0 Å². The molecule has 5 rings (SSSR count). The molecule has 2 N–H and O–H groups in total. The van der Waals surface area contributed by atoms with Crippen molar-refractivity contribution in [1.29, 1.82) is 0 Å². The molecule has 1 saturated heterocycles. The van der Waals surface area contributed by atoms with E-state index in [-0.39, 0.29) is 17.6 Å². The van der Waals surface area contributed by atoms with Gasteiger partial charge in [0, 0.05) is 33.9 Å². The van der Waals surface area contributed by atoms with Crippen LogP contribution in [0.2, 0.25) is 0 Å². The summed E-state index contributed by atoms with van der Waals surface area (Å²) in [5, 5.41) is 13.4. The van der Waals surface area contributed by atoms with Gasteiger partial charge in [0.25, 0.3) is 0 Å². The Hall–Kier alpha value is -3.49. The molecule has 2 aromatic carbocycles. The quantitative estimate of drug-likeness (QED) is 0.315. The summed E-state index contributed by atoms with van der Waals surface area (Å²) in [7, 11) is 0. The monoisotopic (exact) mass is 532 g/mol. The molecule has 3 heterocycles. The molecule has 0 spiro atoms. The van der Waals surface area contributed by atoms with Crippen molar-refractivity contribution in [1.82, 2.24) is 14.9 Å². The lowest BCUT2D eigenvalue weighted by atomic mass is 10.0. The molecule has 2 aromatic heterocycles. The number of aromatic carboxylic acids is 1. The number of carboxylic acids is 1. The van der Waals surface area contributed by atoms with Crippen LogP contribution in [-0.2, 0) is 0 Å². The predicted molar refractivity (Wildman–Crippen MR) is 140 cm³/mol. The molecule has 1 aliphatic rings. The Kier molecular flexibility index (Phi) is 5.93. The average molecular weight is 533 g/mol. The van der Waals surface area contributed by atoms with Gasteiger partial charge in [-0.2, -0.15) is 0 Å². The lowest BCUT2D eigenvalue weighted by Crippen LogP contribution is -2.30. The van der Waals surface area contributed by atoms with Crippen molar-refractivity contribution >= 4 is 44.9 Å². The summed E-state index contributed by atoms with van der Waals surface area (Å²) < 4.78 is 3.11. The first-order valence-corrected chi connectivity index (χ1v) is 11.9. The van der Waals surface area contributed by atoms with Gasteiger partial charge in [-0.1, -0.05) is 22.0 Å². The van der Waals surface area contributed by atoms with Gasteiger partial charge in [0.2, 0.25) is 0 Å². The third-order valence-electron chi connectivity index (χ3n) is 5.99.